The Morgan fingerprint density at radius 2 is 1.63 bits per heavy atom. The SMILES string of the molecule is Cc1ncsc1-c1ccc([C@H](C)NC(=O)[C@@H]2C[C@@H](OC(=O)OC(C)C(C)SS(C)(=O)=O)CN2C(=O)C(c2cc(OCCN3CCN(CCOc4cc(N5C6CCC5CN(c5cc(-c7ccccc7O)nnc5N)C6)ccn4)[C@H](C)C3)no2)C(C)C)cc1. The molecular formula is C61H78N12O11S3. The van der Waals surface area contributed by atoms with Crippen molar-refractivity contribution < 1.29 is 51.4 Å². The van der Waals surface area contributed by atoms with Gasteiger partial charge in [-0.1, -0.05) is 50.2 Å². The van der Waals surface area contributed by atoms with Gasteiger partial charge in [0, 0.05) is 106 Å². The van der Waals surface area contributed by atoms with Crippen molar-refractivity contribution in [1.29, 1.82) is 0 Å². The number of carbonyl (C=O) groups is 3. The van der Waals surface area contributed by atoms with Crippen molar-refractivity contribution in [2.75, 3.05) is 87.4 Å². The van der Waals surface area contributed by atoms with Gasteiger partial charge >= 0.3 is 6.16 Å². The monoisotopic (exact) mass is 1250 g/mol. The van der Waals surface area contributed by atoms with Gasteiger partial charge in [-0.15, -0.1) is 21.5 Å². The highest BCUT2D eigenvalue weighted by molar-refractivity contribution is 8.72. The number of anilines is 3. The van der Waals surface area contributed by atoms with Gasteiger partial charge < -0.3 is 54.3 Å². The lowest BCUT2D eigenvalue weighted by atomic mass is 9.91. The number of thiazole rings is 1. The number of nitrogens with two attached hydrogens (primary N) is 1. The van der Waals surface area contributed by atoms with E-state index in [0.29, 0.717) is 53.5 Å². The standard InChI is InChI=1S/C61H78N12O11S3/c1-36(2)56(60(76)72-34-47(83-61(77)82-40(6)41(7)86-87(8,78)79)28-51(72)59(75)65-38(4)42-13-15-43(16-14-42)57-39(5)64-35-85-57)53-30-55(68-84-53)81-25-23-69-21-22-70(37(3)31-69)24-26-80-54-27-44(19-20-63-54)73-45-17-18-46(73)33-71(32-45)50-29-49(66-67-58(50)62)48-11-9-10-12-52(48)74/h9-16,19-20,27,29-30,35-38,40-41,45-47,51,56,74H,17-18,21-26,28,31-34H2,1-8H3,(H2,62,67)(H,65,75)/t37-,38+,40?,41?,45?,46?,47-,51+,56?/m1/s1. The molecule has 4 fully saturated rings. The molecule has 9 atom stereocenters. The van der Waals surface area contributed by atoms with Gasteiger partial charge in [-0.05, 0) is 105 Å². The number of rotatable bonds is 23. The Morgan fingerprint density at radius 3 is 2.33 bits per heavy atom. The van der Waals surface area contributed by atoms with Gasteiger partial charge in [0.05, 0.1) is 45.3 Å². The third kappa shape index (κ3) is 15.2. The van der Waals surface area contributed by atoms with Gasteiger partial charge in [-0.25, -0.2) is 23.2 Å². The summed E-state index contributed by atoms with van der Waals surface area (Å²) in [5, 5.41) is 25.7. The molecule has 2 aromatic carbocycles. The molecule has 8 heterocycles. The maximum atomic E-state index is 14.8. The largest absolute Gasteiger partial charge is 0.508 e. The summed E-state index contributed by atoms with van der Waals surface area (Å²) in [7, 11) is -2.74. The first-order chi connectivity index (χ1) is 41.7. The van der Waals surface area contributed by atoms with Crippen LogP contribution in [0.1, 0.15) is 89.8 Å². The lowest BCUT2D eigenvalue weighted by Crippen LogP contribution is -2.54. The van der Waals surface area contributed by atoms with E-state index >= 15 is 0 Å². The summed E-state index contributed by atoms with van der Waals surface area (Å²) in [5.74, 6) is -0.419. The molecule has 0 saturated carbocycles. The molecule has 10 rings (SSSR count). The van der Waals surface area contributed by atoms with E-state index in [1.807, 2.05) is 82.4 Å². The number of phenolic OH excluding ortho intramolecular Hbond substituents is 1. The number of aromatic nitrogens is 5. The van der Waals surface area contributed by atoms with Crippen molar-refractivity contribution in [3.8, 4) is 39.2 Å². The number of aryl methyl sites for hydroxylation is 1. The van der Waals surface area contributed by atoms with E-state index in [4.69, 9.17) is 29.2 Å². The fourth-order valence-corrected chi connectivity index (χ4v) is 15.9. The summed E-state index contributed by atoms with van der Waals surface area (Å²) in [6, 6.07) is 21.9. The Hall–Kier alpha value is -7.26. The Morgan fingerprint density at radius 1 is 0.897 bits per heavy atom. The Kier molecular flexibility index (Phi) is 19.8. The maximum Gasteiger partial charge on any atom is 0.508 e. The van der Waals surface area contributed by atoms with E-state index in [2.05, 4.69) is 63.2 Å². The number of likely N-dealkylation sites (tertiary alicyclic amines) is 1. The van der Waals surface area contributed by atoms with E-state index in [1.165, 1.54) is 4.90 Å². The molecule has 2 amide bonds. The molecular weight excluding hydrogens is 1170 g/mol. The summed E-state index contributed by atoms with van der Waals surface area (Å²) in [6.07, 6.45) is 2.21. The van der Waals surface area contributed by atoms with Gasteiger partial charge in [-0.2, -0.15) is 0 Å². The van der Waals surface area contributed by atoms with Crippen molar-refractivity contribution in [2.45, 2.75) is 121 Å². The number of nitrogens with zero attached hydrogens (tertiary/aromatic N) is 10. The van der Waals surface area contributed by atoms with Gasteiger partial charge in [0.25, 0.3) is 5.88 Å². The first-order valence-electron chi connectivity index (χ1n) is 29.6. The molecule has 466 valence electrons. The van der Waals surface area contributed by atoms with Crippen LogP contribution in [0.4, 0.5) is 22.0 Å². The minimum atomic E-state index is -3.42. The van der Waals surface area contributed by atoms with Crippen molar-refractivity contribution >= 4 is 66.2 Å². The van der Waals surface area contributed by atoms with Crippen LogP contribution in [0.3, 0.4) is 0 Å². The number of ether oxygens (including phenoxy) is 4. The molecule has 0 aliphatic carbocycles. The van der Waals surface area contributed by atoms with Crippen LogP contribution in [-0.4, -0.2) is 185 Å². The number of pyridine rings is 1. The fourth-order valence-electron chi connectivity index (χ4n) is 12.2. The van der Waals surface area contributed by atoms with Crippen LogP contribution in [0, 0.1) is 12.8 Å². The number of phenols is 1. The normalized spacial score (nSPS) is 21.3. The highest BCUT2D eigenvalue weighted by Gasteiger charge is 2.46. The molecule has 87 heavy (non-hydrogen) atoms. The van der Waals surface area contributed by atoms with Crippen molar-refractivity contribution in [1.82, 2.24) is 45.3 Å². The number of fused-ring (bicyclic) bond motifs is 2. The molecule has 4 N–H and O–H groups in total. The number of benzene rings is 2. The predicted molar refractivity (Wildman–Crippen MR) is 334 cm³/mol. The Balaban J connectivity index is 0.702. The van der Waals surface area contributed by atoms with Crippen LogP contribution in [0.25, 0.3) is 21.7 Å². The van der Waals surface area contributed by atoms with Crippen LogP contribution >= 0.6 is 22.1 Å². The third-order valence-electron chi connectivity index (χ3n) is 16.9. The molecule has 5 unspecified atom stereocenters. The number of para-hydroxylation sites is 1. The number of amides is 2. The summed E-state index contributed by atoms with van der Waals surface area (Å²) in [5.41, 5.74) is 14.1. The van der Waals surface area contributed by atoms with Crippen molar-refractivity contribution in [2.24, 2.45) is 5.92 Å². The molecule has 0 radical (unpaired) electrons. The Bertz CT molecular complexity index is 3470. The second-order valence-corrected chi connectivity index (χ2v) is 29.0. The molecule has 6 aromatic rings. The minimum absolute atomic E-state index is 0.00949. The average Bonchev–Trinajstić information content (AvgIpc) is 2.35. The van der Waals surface area contributed by atoms with E-state index in [1.54, 1.807) is 48.9 Å². The topological polar surface area (TPSA) is 274 Å². The predicted octanol–water partition coefficient (Wildman–Crippen LogP) is 7.78. The van der Waals surface area contributed by atoms with Crippen LogP contribution < -0.4 is 30.3 Å². The lowest BCUT2D eigenvalue weighted by molar-refractivity contribution is -0.141. The lowest BCUT2D eigenvalue weighted by Gasteiger charge is -2.43. The maximum absolute atomic E-state index is 14.8. The van der Waals surface area contributed by atoms with Crippen LogP contribution in [0.2, 0.25) is 0 Å². The number of aromatic hydroxyl groups is 1. The molecule has 4 aromatic heterocycles. The van der Waals surface area contributed by atoms with Crippen LogP contribution in [0.15, 0.2) is 89.0 Å². The van der Waals surface area contributed by atoms with Crippen LogP contribution in [-0.2, 0) is 27.9 Å². The quantitative estimate of drug-likeness (QED) is 0.0408. The first kappa shape index (κ1) is 62.8. The molecule has 4 aliphatic rings. The summed E-state index contributed by atoms with van der Waals surface area (Å²) < 4.78 is 53.3. The zero-order valence-electron chi connectivity index (χ0n) is 50.4. The smallest absolute Gasteiger partial charge is 0.507 e. The van der Waals surface area contributed by atoms with Gasteiger partial charge in [0.15, 0.2) is 20.4 Å². The summed E-state index contributed by atoms with van der Waals surface area (Å²) in [4.78, 5) is 63.3. The first-order valence-corrected chi connectivity index (χ1v) is 33.8. The average molecular weight is 1250 g/mol. The molecule has 2 bridgehead atoms. The van der Waals surface area contributed by atoms with E-state index in [9.17, 15) is 27.9 Å². The number of carbonyl (C=O) groups excluding carboxylic acids is 3. The zero-order valence-corrected chi connectivity index (χ0v) is 52.8. The molecule has 4 saturated heterocycles. The van der Waals surface area contributed by atoms with Gasteiger partial charge in [-0.3, -0.25) is 19.4 Å². The number of nitrogen functional groups attached to an aromatic ring is 1. The van der Waals surface area contributed by atoms with Crippen molar-refractivity contribution in [3.63, 3.8) is 0 Å². The molecule has 0 spiro atoms. The highest BCUT2D eigenvalue weighted by Crippen LogP contribution is 2.40. The third-order valence-corrected chi connectivity index (χ3v) is 20.8. The second-order valence-electron chi connectivity index (χ2n) is 23.4. The van der Waals surface area contributed by atoms with E-state index < -0.39 is 62.3 Å². The minimum Gasteiger partial charge on any atom is -0.507 e. The molecule has 26 heteroatoms. The van der Waals surface area contributed by atoms with E-state index in [0.717, 1.165) is 91.4 Å². The van der Waals surface area contributed by atoms with Crippen LogP contribution in [0.5, 0.6) is 17.5 Å². The zero-order chi connectivity index (χ0) is 61.7. The van der Waals surface area contributed by atoms with Gasteiger partial charge in [0.2, 0.25) is 17.7 Å². The number of piperazine rings is 2. The molecule has 23 nitrogen and oxygen atoms in total. The molecule has 4 aliphatic heterocycles. The number of hydrogen-bond acceptors (Lipinski definition) is 23. The summed E-state index contributed by atoms with van der Waals surface area (Å²) in [6.45, 7) is 19.1. The summed E-state index contributed by atoms with van der Waals surface area (Å²) >= 11 is 1.55. The number of hydrogen-bond donors (Lipinski definition) is 3. The van der Waals surface area contributed by atoms with Crippen molar-refractivity contribution in [3.05, 3.63) is 102 Å². The second kappa shape index (κ2) is 27.4. The Labute approximate surface area is 515 Å². The van der Waals surface area contributed by atoms with Gasteiger partial charge in [0.1, 0.15) is 43.1 Å². The fraction of sp³-hybridized carbons (Fsp3) is 0.508. The number of nitrogens with one attached hydrogen (secondary N) is 1. The highest BCUT2D eigenvalue weighted by atomic mass is 33.1. The van der Waals surface area contributed by atoms with E-state index in [-0.39, 0.29) is 54.4 Å².